The van der Waals surface area contributed by atoms with E-state index in [4.69, 9.17) is 37.0 Å². The van der Waals surface area contributed by atoms with E-state index in [-0.39, 0.29) is 25.7 Å². The average molecular weight is 1300 g/mol. The lowest BCUT2D eigenvalue weighted by molar-refractivity contribution is -0.161. The molecule has 88 heavy (non-hydrogen) atoms. The van der Waals surface area contributed by atoms with Crippen molar-refractivity contribution in [3.8, 4) is 0 Å². The van der Waals surface area contributed by atoms with Crippen molar-refractivity contribution in [2.75, 3.05) is 39.6 Å². The van der Waals surface area contributed by atoms with Gasteiger partial charge in [0.15, 0.2) is 12.2 Å². The van der Waals surface area contributed by atoms with Gasteiger partial charge in [0, 0.05) is 25.7 Å². The molecule has 0 saturated carbocycles. The first-order valence-corrected chi connectivity index (χ1v) is 39.2. The molecule has 0 aromatic rings. The van der Waals surface area contributed by atoms with Gasteiger partial charge in [-0.15, -0.1) is 0 Å². The van der Waals surface area contributed by atoms with Gasteiger partial charge in [0.2, 0.25) is 0 Å². The molecule has 17 nitrogen and oxygen atoms in total. The molecule has 0 bridgehead atoms. The van der Waals surface area contributed by atoms with E-state index in [1.807, 2.05) is 0 Å². The maximum absolute atomic E-state index is 13.0. The van der Waals surface area contributed by atoms with Crippen molar-refractivity contribution in [2.45, 2.75) is 374 Å². The number of aliphatic hydroxyl groups is 1. The minimum atomic E-state index is -4.95. The summed E-state index contributed by atoms with van der Waals surface area (Å²) in [5.74, 6) is -1.34. The molecule has 0 aliphatic heterocycles. The SMILES string of the molecule is CCCCCCCCCCCCCCCCCC(=O)O[C@H](COC(=O)CCCCCCCCCCC(C)CC)COP(=O)(O)OC[C@@H](O)COP(=O)(O)OC[C@@H](COC(=O)CCCCCCCCCCCC)OC(=O)CCCCCCCCCCCCC. The molecule has 0 aromatic carbocycles. The number of hydrogen-bond donors (Lipinski definition) is 3. The fraction of sp³-hybridized carbons (Fsp3) is 0.942. The number of hydrogen-bond acceptors (Lipinski definition) is 15. The van der Waals surface area contributed by atoms with Crippen molar-refractivity contribution in [1.29, 1.82) is 0 Å². The summed E-state index contributed by atoms with van der Waals surface area (Å²) in [5.41, 5.74) is 0. The highest BCUT2D eigenvalue weighted by Crippen LogP contribution is 2.45. The molecule has 0 aliphatic carbocycles. The highest BCUT2D eigenvalue weighted by Gasteiger charge is 2.30. The zero-order chi connectivity index (χ0) is 64.9. The molecule has 0 heterocycles. The number of carbonyl (C=O) groups excluding carboxylic acids is 4. The van der Waals surface area contributed by atoms with Crippen LogP contribution in [0.3, 0.4) is 0 Å². The van der Waals surface area contributed by atoms with Gasteiger partial charge in [-0.3, -0.25) is 37.3 Å². The number of unbranched alkanes of at least 4 members (excludes halogenated alkanes) is 40. The summed E-state index contributed by atoms with van der Waals surface area (Å²) in [7, 11) is -9.89. The molecule has 0 aromatic heterocycles. The molecular formula is C69H134O17P2. The van der Waals surface area contributed by atoms with Gasteiger partial charge in [0.05, 0.1) is 26.4 Å². The Bertz CT molecular complexity index is 1710. The molecule has 3 N–H and O–H groups in total. The van der Waals surface area contributed by atoms with E-state index in [1.165, 1.54) is 180 Å². The van der Waals surface area contributed by atoms with E-state index < -0.39 is 97.5 Å². The van der Waals surface area contributed by atoms with E-state index in [0.717, 1.165) is 95.8 Å². The van der Waals surface area contributed by atoms with E-state index in [9.17, 15) is 43.2 Å². The lowest BCUT2D eigenvalue weighted by atomic mass is 9.99. The molecule has 0 rings (SSSR count). The van der Waals surface area contributed by atoms with Gasteiger partial charge < -0.3 is 33.8 Å². The second kappa shape index (κ2) is 62.5. The van der Waals surface area contributed by atoms with E-state index >= 15 is 0 Å². The number of esters is 4. The smallest absolute Gasteiger partial charge is 0.462 e. The van der Waals surface area contributed by atoms with Gasteiger partial charge in [0.25, 0.3) is 0 Å². The summed E-state index contributed by atoms with van der Waals surface area (Å²) in [5, 5.41) is 10.6. The van der Waals surface area contributed by atoms with Gasteiger partial charge in [0.1, 0.15) is 19.3 Å². The minimum absolute atomic E-state index is 0.107. The van der Waals surface area contributed by atoms with Gasteiger partial charge >= 0.3 is 39.5 Å². The van der Waals surface area contributed by atoms with Crippen molar-refractivity contribution < 1.29 is 80.2 Å². The summed E-state index contributed by atoms with van der Waals surface area (Å²) >= 11 is 0. The molecule has 0 amide bonds. The molecule has 0 radical (unpaired) electrons. The zero-order valence-corrected chi connectivity index (χ0v) is 58.6. The van der Waals surface area contributed by atoms with E-state index in [2.05, 4.69) is 34.6 Å². The normalized spacial score (nSPS) is 14.4. The molecule has 0 aliphatic rings. The number of carbonyl (C=O) groups is 4. The van der Waals surface area contributed by atoms with Crippen LogP contribution in [0.4, 0.5) is 0 Å². The third kappa shape index (κ3) is 61.6. The monoisotopic (exact) mass is 1300 g/mol. The number of ether oxygens (including phenoxy) is 4. The number of phosphoric ester groups is 2. The standard InChI is InChI=1S/C69H134O17P2/c1-6-10-13-16-19-22-25-26-27-28-30-33-40-45-50-55-69(74)86-65(59-80-67(72)53-48-43-38-35-34-36-41-46-51-62(5)9-4)61-84-88(77,78)82-57-63(70)56-81-87(75,76)83-60-64(58-79-66(71)52-47-42-37-31-24-21-18-15-12-8-3)85-68(73)54-49-44-39-32-29-23-20-17-14-11-7-2/h62-65,70H,6-61H2,1-5H3,(H,75,76)(H,77,78)/t62?,63-,64+,65+/m0/s1. The third-order valence-electron chi connectivity index (χ3n) is 16.4. The van der Waals surface area contributed by atoms with E-state index in [0.29, 0.717) is 25.7 Å². The fourth-order valence-electron chi connectivity index (χ4n) is 10.4. The number of phosphoric acid groups is 2. The Morgan fingerprint density at radius 1 is 0.318 bits per heavy atom. The van der Waals surface area contributed by atoms with Gasteiger partial charge in [-0.1, -0.05) is 304 Å². The van der Waals surface area contributed by atoms with Crippen LogP contribution in [0.15, 0.2) is 0 Å². The summed E-state index contributed by atoms with van der Waals surface area (Å²) in [6.07, 6.45) is 48.3. The predicted octanol–water partition coefficient (Wildman–Crippen LogP) is 19.7. The number of rotatable bonds is 69. The van der Waals surface area contributed by atoms with Gasteiger partial charge in [-0.05, 0) is 31.6 Å². The predicted molar refractivity (Wildman–Crippen MR) is 354 cm³/mol. The lowest BCUT2D eigenvalue weighted by Gasteiger charge is -2.21. The molecule has 3 unspecified atom stereocenters. The van der Waals surface area contributed by atoms with Crippen LogP contribution in [0, 0.1) is 5.92 Å². The fourth-order valence-corrected chi connectivity index (χ4v) is 12.0. The maximum atomic E-state index is 13.0. The zero-order valence-electron chi connectivity index (χ0n) is 56.9. The van der Waals surface area contributed by atoms with Crippen LogP contribution in [0.5, 0.6) is 0 Å². The first kappa shape index (κ1) is 86.1. The van der Waals surface area contributed by atoms with Crippen LogP contribution in [0.25, 0.3) is 0 Å². The van der Waals surface area contributed by atoms with E-state index in [1.54, 1.807) is 0 Å². The van der Waals surface area contributed by atoms with Gasteiger partial charge in [-0.2, -0.15) is 0 Å². The Morgan fingerprint density at radius 3 is 0.807 bits per heavy atom. The molecule has 6 atom stereocenters. The largest absolute Gasteiger partial charge is 0.472 e. The summed E-state index contributed by atoms with van der Waals surface area (Å²) < 4.78 is 68.2. The second-order valence-corrected chi connectivity index (χ2v) is 28.1. The van der Waals surface area contributed by atoms with Crippen LogP contribution in [-0.2, 0) is 65.4 Å². The maximum Gasteiger partial charge on any atom is 0.472 e. The van der Waals surface area contributed by atoms with Crippen molar-refractivity contribution >= 4 is 39.5 Å². The summed E-state index contributed by atoms with van der Waals surface area (Å²) in [4.78, 5) is 72.5. The Labute approximate surface area is 537 Å². The number of aliphatic hydroxyl groups excluding tert-OH is 1. The first-order valence-electron chi connectivity index (χ1n) is 36.2. The first-order chi connectivity index (χ1) is 42.6. The van der Waals surface area contributed by atoms with Crippen molar-refractivity contribution in [2.24, 2.45) is 5.92 Å². The summed E-state index contributed by atoms with van der Waals surface area (Å²) in [6.45, 7) is 7.24. The lowest BCUT2D eigenvalue weighted by Crippen LogP contribution is -2.30. The second-order valence-electron chi connectivity index (χ2n) is 25.2. The molecule has 0 spiro atoms. The Morgan fingerprint density at radius 2 is 0.545 bits per heavy atom. The van der Waals surface area contributed by atoms with Crippen molar-refractivity contribution in [1.82, 2.24) is 0 Å². The van der Waals surface area contributed by atoms with Gasteiger partial charge in [-0.25, -0.2) is 9.13 Å². The van der Waals surface area contributed by atoms with Crippen LogP contribution in [-0.4, -0.2) is 96.7 Å². The minimum Gasteiger partial charge on any atom is -0.462 e. The van der Waals surface area contributed by atoms with Crippen LogP contribution in [0.2, 0.25) is 0 Å². The topological polar surface area (TPSA) is 237 Å². The Hall–Kier alpha value is -1.94. The molecule has 19 heteroatoms. The Kier molecular flexibility index (Phi) is 61.1. The van der Waals surface area contributed by atoms with Crippen LogP contribution >= 0.6 is 15.6 Å². The molecule has 0 fully saturated rings. The van der Waals surface area contributed by atoms with Crippen LogP contribution < -0.4 is 0 Å². The average Bonchev–Trinajstić information content (AvgIpc) is 3.62. The van der Waals surface area contributed by atoms with Crippen molar-refractivity contribution in [3.63, 3.8) is 0 Å². The summed E-state index contributed by atoms with van der Waals surface area (Å²) in [6, 6.07) is 0. The van der Waals surface area contributed by atoms with Crippen LogP contribution in [0.1, 0.15) is 356 Å². The molecule has 0 saturated heterocycles. The van der Waals surface area contributed by atoms with Crippen molar-refractivity contribution in [3.05, 3.63) is 0 Å². The quantitative estimate of drug-likeness (QED) is 0.0222. The molecule has 522 valence electrons. The third-order valence-corrected chi connectivity index (χ3v) is 18.3. The highest BCUT2D eigenvalue weighted by atomic mass is 31.2. The molecular weight excluding hydrogens is 1160 g/mol. The Balaban J connectivity index is 5.25. The highest BCUT2D eigenvalue weighted by molar-refractivity contribution is 7.47.